The van der Waals surface area contributed by atoms with Crippen molar-refractivity contribution in [2.75, 3.05) is 18.0 Å². The van der Waals surface area contributed by atoms with E-state index in [1.807, 2.05) is 35.6 Å². The molecule has 27 heavy (non-hydrogen) atoms. The fourth-order valence-corrected chi connectivity index (χ4v) is 3.69. The monoisotopic (exact) mass is 394 g/mol. The number of pyridine rings is 1. The van der Waals surface area contributed by atoms with E-state index in [4.69, 9.17) is 11.6 Å². The van der Waals surface area contributed by atoms with Gasteiger partial charge in [0.25, 0.3) is 0 Å². The number of anilines is 1. The second-order valence-electron chi connectivity index (χ2n) is 6.84. The summed E-state index contributed by atoms with van der Waals surface area (Å²) in [5.41, 5.74) is 2.98. The van der Waals surface area contributed by atoms with Crippen molar-refractivity contribution in [3.63, 3.8) is 0 Å². The molecular weight excluding hydrogens is 377 g/mol. The highest BCUT2D eigenvalue weighted by Crippen LogP contribution is 2.40. The second kappa shape index (κ2) is 6.41. The van der Waals surface area contributed by atoms with Gasteiger partial charge in [-0.25, -0.2) is 9.97 Å². The average molecular weight is 395 g/mol. The molecule has 1 aliphatic rings. The van der Waals surface area contributed by atoms with E-state index >= 15 is 0 Å². The summed E-state index contributed by atoms with van der Waals surface area (Å²) in [5.74, 6) is 0.861. The van der Waals surface area contributed by atoms with Crippen molar-refractivity contribution in [2.24, 2.45) is 7.05 Å². The van der Waals surface area contributed by atoms with Crippen LogP contribution < -0.4 is 4.90 Å². The van der Waals surface area contributed by atoms with Gasteiger partial charge < -0.3 is 9.47 Å². The van der Waals surface area contributed by atoms with Gasteiger partial charge in [-0.15, -0.1) is 0 Å². The van der Waals surface area contributed by atoms with Gasteiger partial charge >= 0.3 is 6.18 Å². The molecule has 0 unspecified atom stereocenters. The molecule has 0 atom stereocenters. The predicted molar refractivity (Wildman–Crippen MR) is 100 cm³/mol. The van der Waals surface area contributed by atoms with Crippen molar-refractivity contribution in [3.8, 4) is 11.3 Å². The topological polar surface area (TPSA) is 34.0 Å². The van der Waals surface area contributed by atoms with Gasteiger partial charge in [-0.1, -0.05) is 17.7 Å². The number of alkyl halides is 3. The summed E-state index contributed by atoms with van der Waals surface area (Å²) in [7, 11) is 1.91. The number of imidazole rings is 1. The van der Waals surface area contributed by atoms with Gasteiger partial charge in [0.15, 0.2) is 0 Å². The van der Waals surface area contributed by atoms with Crippen molar-refractivity contribution >= 4 is 28.2 Å². The van der Waals surface area contributed by atoms with Gasteiger partial charge in [-0.05, 0) is 25.5 Å². The zero-order valence-corrected chi connectivity index (χ0v) is 15.7. The molecule has 142 valence electrons. The molecule has 2 aromatic heterocycles. The summed E-state index contributed by atoms with van der Waals surface area (Å²) in [5, 5.41) is 0.612. The maximum atomic E-state index is 13.2. The summed E-state index contributed by atoms with van der Waals surface area (Å²) in [6.07, 6.45) is -2.72. The molecule has 0 spiro atoms. The van der Waals surface area contributed by atoms with E-state index in [9.17, 15) is 13.2 Å². The lowest BCUT2D eigenvalue weighted by Crippen LogP contribution is -2.38. The molecule has 0 N–H and O–H groups in total. The number of aromatic nitrogens is 3. The third-order valence-corrected chi connectivity index (χ3v) is 5.38. The Labute approximate surface area is 159 Å². The molecule has 0 aliphatic carbocycles. The molecule has 4 rings (SSSR count). The van der Waals surface area contributed by atoms with Gasteiger partial charge in [0.2, 0.25) is 0 Å². The van der Waals surface area contributed by atoms with E-state index in [1.165, 1.54) is 0 Å². The molecule has 0 amide bonds. The van der Waals surface area contributed by atoms with E-state index in [0.29, 0.717) is 16.6 Å². The summed E-state index contributed by atoms with van der Waals surface area (Å²) in [6.45, 7) is 3.34. The number of aryl methyl sites for hydroxylation is 1. The molecule has 1 aromatic carbocycles. The predicted octanol–water partition coefficient (Wildman–Crippen LogP) is 4.91. The molecule has 3 aromatic rings. The second-order valence-corrected chi connectivity index (χ2v) is 7.20. The summed E-state index contributed by atoms with van der Waals surface area (Å²) < 4.78 is 41.5. The quantitative estimate of drug-likeness (QED) is 0.592. The number of rotatable bonds is 3. The number of benzene rings is 1. The largest absolute Gasteiger partial charge is 0.393 e. The lowest BCUT2D eigenvalue weighted by Gasteiger charge is -2.36. The maximum absolute atomic E-state index is 13.2. The SMILES string of the molecule is Cc1ncc(-c2ccc3nc(Cl)c(CC(F)(F)F)c(N4CCC4)c3c2)n1C. The van der Waals surface area contributed by atoms with Crippen LogP contribution in [0.25, 0.3) is 22.2 Å². The Morgan fingerprint density at radius 2 is 1.96 bits per heavy atom. The maximum Gasteiger partial charge on any atom is 0.393 e. The Bertz CT molecular complexity index is 1020. The first-order valence-corrected chi connectivity index (χ1v) is 9.05. The molecule has 1 saturated heterocycles. The summed E-state index contributed by atoms with van der Waals surface area (Å²) >= 11 is 6.17. The number of halogens is 4. The Balaban J connectivity index is 1.95. The van der Waals surface area contributed by atoms with Crippen molar-refractivity contribution < 1.29 is 13.2 Å². The van der Waals surface area contributed by atoms with Crippen LogP contribution in [0.4, 0.5) is 18.9 Å². The fraction of sp³-hybridized carbons (Fsp3) is 0.368. The van der Waals surface area contributed by atoms with Crippen LogP contribution >= 0.6 is 11.6 Å². The van der Waals surface area contributed by atoms with Crippen molar-refractivity contribution in [2.45, 2.75) is 25.9 Å². The number of hydrogen-bond acceptors (Lipinski definition) is 3. The van der Waals surface area contributed by atoms with Gasteiger partial charge in [-0.3, -0.25) is 0 Å². The van der Waals surface area contributed by atoms with Crippen LogP contribution in [0.1, 0.15) is 17.8 Å². The fourth-order valence-electron chi connectivity index (χ4n) is 3.44. The van der Waals surface area contributed by atoms with E-state index in [0.717, 1.165) is 36.6 Å². The first-order valence-electron chi connectivity index (χ1n) is 8.67. The van der Waals surface area contributed by atoms with Crippen molar-refractivity contribution in [1.29, 1.82) is 0 Å². The Morgan fingerprint density at radius 1 is 1.22 bits per heavy atom. The molecule has 3 heterocycles. The van der Waals surface area contributed by atoms with E-state index in [1.54, 1.807) is 12.3 Å². The molecule has 4 nitrogen and oxygen atoms in total. The highest BCUT2D eigenvalue weighted by atomic mass is 35.5. The van der Waals surface area contributed by atoms with Gasteiger partial charge in [0.05, 0.1) is 29.5 Å². The van der Waals surface area contributed by atoms with Crippen LogP contribution in [0.5, 0.6) is 0 Å². The van der Waals surface area contributed by atoms with Gasteiger partial charge in [-0.2, -0.15) is 13.2 Å². The Morgan fingerprint density at radius 3 is 2.52 bits per heavy atom. The molecule has 0 radical (unpaired) electrons. The average Bonchev–Trinajstić information content (AvgIpc) is 2.87. The normalized spacial score (nSPS) is 14.7. The Kier molecular flexibility index (Phi) is 4.29. The first kappa shape index (κ1) is 18.1. The first-order chi connectivity index (χ1) is 12.7. The minimum atomic E-state index is -4.35. The molecule has 1 aliphatic heterocycles. The summed E-state index contributed by atoms with van der Waals surface area (Å²) in [6, 6.07) is 5.59. The van der Waals surface area contributed by atoms with Crippen LogP contribution in [0.2, 0.25) is 5.15 Å². The number of fused-ring (bicyclic) bond motifs is 1. The molecule has 8 heteroatoms. The summed E-state index contributed by atoms with van der Waals surface area (Å²) in [4.78, 5) is 10.5. The zero-order chi connectivity index (χ0) is 19.3. The number of hydrogen-bond donors (Lipinski definition) is 0. The Hall–Kier alpha value is -2.28. The van der Waals surface area contributed by atoms with Gasteiger partial charge in [0, 0.05) is 36.7 Å². The molecule has 1 fully saturated rings. The van der Waals surface area contributed by atoms with Crippen LogP contribution in [0.15, 0.2) is 24.4 Å². The highest BCUT2D eigenvalue weighted by molar-refractivity contribution is 6.31. The van der Waals surface area contributed by atoms with E-state index in [-0.39, 0.29) is 10.7 Å². The molecule has 0 saturated carbocycles. The lowest BCUT2D eigenvalue weighted by atomic mass is 10.00. The standard InChI is InChI=1S/C19H18ClF3N4/c1-11-24-10-16(26(11)2)12-4-5-15-13(8-12)17(27-6-3-7-27)14(18(20)25-15)9-19(21,22)23/h4-5,8,10H,3,6-7,9H2,1-2H3. The van der Waals surface area contributed by atoms with Crippen LogP contribution in [0.3, 0.4) is 0 Å². The van der Waals surface area contributed by atoms with Crippen molar-refractivity contribution in [3.05, 3.63) is 40.9 Å². The van der Waals surface area contributed by atoms with Crippen molar-refractivity contribution in [1.82, 2.24) is 14.5 Å². The molecular formula is C19H18ClF3N4. The third kappa shape index (κ3) is 3.25. The van der Waals surface area contributed by atoms with Crippen LogP contribution in [-0.2, 0) is 13.5 Å². The van der Waals surface area contributed by atoms with Gasteiger partial charge in [0.1, 0.15) is 11.0 Å². The highest BCUT2D eigenvalue weighted by Gasteiger charge is 2.33. The van der Waals surface area contributed by atoms with E-state index in [2.05, 4.69) is 9.97 Å². The lowest BCUT2D eigenvalue weighted by molar-refractivity contribution is -0.127. The zero-order valence-electron chi connectivity index (χ0n) is 14.9. The number of nitrogens with zero attached hydrogens (tertiary/aromatic N) is 4. The van der Waals surface area contributed by atoms with E-state index < -0.39 is 12.6 Å². The van der Waals surface area contributed by atoms with Crippen LogP contribution in [0, 0.1) is 6.92 Å². The minimum Gasteiger partial charge on any atom is -0.371 e. The minimum absolute atomic E-state index is 0.0507. The third-order valence-electron chi connectivity index (χ3n) is 5.07. The molecule has 0 bridgehead atoms. The smallest absolute Gasteiger partial charge is 0.371 e. The van der Waals surface area contributed by atoms with Crippen LogP contribution in [-0.4, -0.2) is 33.8 Å².